The highest BCUT2D eigenvalue weighted by Gasteiger charge is 2.32. The zero-order valence-electron chi connectivity index (χ0n) is 17.4. The minimum atomic E-state index is -3.64. The van der Waals surface area contributed by atoms with Gasteiger partial charge >= 0.3 is 0 Å². The largest absolute Gasteiger partial charge is 0.486 e. The van der Waals surface area contributed by atoms with E-state index in [1.807, 2.05) is 30.5 Å². The number of amides is 1. The maximum atomic E-state index is 13.0. The van der Waals surface area contributed by atoms with E-state index in [4.69, 9.17) is 9.47 Å². The number of nitrogens with zero attached hydrogens (tertiary/aromatic N) is 1. The normalized spacial score (nSPS) is 17.3. The zero-order chi connectivity index (χ0) is 21.8. The van der Waals surface area contributed by atoms with Crippen LogP contribution in [-0.2, 0) is 21.4 Å². The Morgan fingerprint density at radius 3 is 2.42 bits per heavy atom. The number of ether oxygens (including phenoxy) is 2. The van der Waals surface area contributed by atoms with E-state index in [1.165, 1.54) is 15.3 Å². The first-order chi connectivity index (χ1) is 15.0. The summed E-state index contributed by atoms with van der Waals surface area (Å²) >= 11 is 1.68. The number of piperidine rings is 1. The summed E-state index contributed by atoms with van der Waals surface area (Å²) in [6.45, 7) is 1.97. The second-order valence-electron chi connectivity index (χ2n) is 7.55. The van der Waals surface area contributed by atoms with Crippen LogP contribution in [0.1, 0.15) is 18.4 Å². The lowest BCUT2D eigenvalue weighted by molar-refractivity contribution is -0.126. The van der Waals surface area contributed by atoms with Crippen LogP contribution in [0.5, 0.6) is 11.5 Å². The summed E-state index contributed by atoms with van der Waals surface area (Å²) in [4.78, 5) is 13.9. The molecule has 1 N–H and O–H groups in total. The van der Waals surface area contributed by atoms with Crippen LogP contribution in [0.4, 0.5) is 0 Å². The van der Waals surface area contributed by atoms with Gasteiger partial charge in [-0.3, -0.25) is 4.79 Å². The van der Waals surface area contributed by atoms with E-state index in [-0.39, 0.29) is 16.7 Å². The smallest absolute Gasteiger partial charge is 0.243 e. The first-order valence-electron chi connectivity index (χ1n) is 10.3. The van der Waals surface area contributed by atoms with Crippen LogP contribution < -0.4 is 14.8 Å². The number of carbonyl (C=O) groups is 1. The molecular formula is C22H26N2O5S2. The van der Waals surface area contributed by atoms with Gasteiger partial charge in [-0.1, -0.05) is 12.1 Å². The van der Waals surface area contributed by atoms with Gasteiger partial charge < -0.3 is 14.8 Å². The van der Waals surface area contributed by atoms with E-state index >= 15 is 0 Å². The molecule has 0 bridgehead atoms. The predicted octanol–water partition coefficient (Wildman–Crippen LogP) is 2.90. The lowest BCUT2D eigenvalue weighted by Gasteiger charge is -2.31. The monoisotopic (exact) mass is 462 g/mol. The van der Waals surface area contributed by atoms with Crippen molar-refractivity contribution in [2.45, 2.75) is 29.2 Å². The number of benzene rings is 2. The molecule has 166 valence electrons. The zero-order valence-corrected chi connectivity index (χ0v) is 19.0. The summed E-state index contributed by atoms with van der Waals surface area (Å²) in [6.07, 6.45) is 3.03. The third kappa shape index (κ3) is 4.99. The van der Waals surface area contributed by atoms with Gasteiger partial charge in [0.1, 0.15) is 13.2 Å². The fraction of sp³-hybridized carbons (Fsp3) is 0.409. The number of hydrogen-bond acceptors (Lipinski definition) is 6. The van der Waals surface area contributed by atoms with E-state index in [1.54, 1.807) is 23.9 Å². The molecule has 0 saturated carbocycles. The van der Waals surface area contributed by atoms with Crippen LogP contribution in [-0.4, -0.2) is 51.2 Å². The van der Waals surface area contributed by atoms with Crippen molar-refractivity contribution < 1.29 is 22.7 Å². The molecule has 0 radical (unpaired) electrons. The lowest BCUT2D eigenvalue weighted by atomic mass is 9.97. The molecule has 7 nitrogen and oxygen atoms in total. The third-order valence-electron chi connectivity index (χ3n) is 5.60. The van der Waals surface area contributed by atoms with Crippen molar-refractivity contribution in [3.05, 3.63) is 48.0 Å². The SMILES string of the molecule is CSc1ccc(CNC(=O)C2CCN(S(=O)(=O)c3ccc4c(c3)OCCO4)CC2)cc1. The van der Waals surface area contributed by atoms with Crippen molar-refractivity contribution in [1.29, 1.82) is 0 Å². The van der Waals surface area contributed by atoms with Gasteiger partial charge in [0, 0.05) is 36.5 Å². The van der Waals surface area contributed by atoms with Crippen LogP contribution in [0.15, 0.2) is 52.3 Å². The Balaban J connectivity index is 1.32. The Morgan fingerprint density at radius 2 is 1.74 bits per heavy atom. The van der Waals surface area contributed by atoms with Crippen molar-refractivity contribution >= 4 is 27.7 Å². The summed E-state index contributed by atoms with van der Waals surface area (Å²) in [7, 11) is -3.64. The first-order valence-corrected chi connectivity index (χ1v) is 12.9. The molecule has 2 aliphatic rings. The molecule has 0 atom stereocenters. The second kappa shape index (κ2) is 9.50. The molecule has 0 spiro atoms. The summed E-state index contributed by atoms with van der Waals surface area (Å²) in [5, 5.41) is 2.98. The fourth-order valence-electron chi connectivity index (χ4n) is 3.77. The van der Waals surface area contributed by atoms with E-state index in [2.05, 4.69) is 5.32 Å². The quantitative estimate of drug-likeness (QED) is 0.665. The fourth-order valence-corrected chi connectivity index (χ4v) is 5.66. The van der Waals surface area contributed by atoms with Crippen LogP contribution in [0.2, 0.25) is 0 Å². The molecule has 0 aromatic heterocycles. The summed E-state index contributed by atoms with van der Waals surface area (Å²) in [6, 6.07) is 12.8. The second-order valence-corrected chi connectivity index (χ2v) is 10.4. The average molecular weight is 463 g/mol. The Hall–Kier alpha value is -2.23. The highest BCUT2D eigenvalue weighted by Crippen LogP contribution is 2.34. The molecule has 31 heavy (non-hydrogen) atoms. The molecule has 0 aliphatic carbocycles. The van der Waals surface area contributed by atoms with Crippen molar-refractivity contribution in [1.82, 2.24) is 9.62 Å². The van der Waals surface area contributed by atoms with Crippen LogP contribution in [0.3, 0.4) is 0 Å². The standard InChI is InChI=1S/C22H26N2O5S2/c1-30-18-4-2-16(3-5-18)15-23-22(25)17-8-10-24(11-9-17)31(26,27)19-6-7-20-21(14-19)29-13-12-28-20/h2-7,14,17H,8-13,15H2,1H3,(H,23,25). The van der Waals surface area contributed by atoms with Gasteiger partial charge in [-0.15, -0.1) is 11.8 Å². The highest BCUT2D eigenvalue weighted by atomic mass is 32.2. The van der Waals surface area contributed by atoms with E-state index < -0.39 is 10.0 Å². The summed E-state index contributed by atoms with van der Waals surface area (Å²) < 4.78 is 38.5. The maximum absolute atomic E-state index is 13.0. The van der Waals surface area contributed by atoms with Gasteiger partial charge in [-0.05, 0) is 48.9 Å². The maximum Gasteiger partial charge on any atom is 0.243 e. The Kier molecular flexibility index (Phi) is 6.74. The average Bonchev–Trinajstić information content (AvgIpc) is 2.82. The number of sulfonamides is 1. The summed E-state index contributed by atoms with van der Waals surface area (Å²) in [5.41, 5.74) is 1.05. The minimum Gasteiger partial charge on any atom is -0.486 e. The van der Waals surface area contributed by atoms with Crippen molar-refractivity contribution in [2.75, 3.05) is 32.6 Å². The van der Waals surface area contributed by atoms with Gasteiger partial charge in [0.15, 0.2) is 11.5 Å². The molecule has 2 aliphatic heterocycles. The number of rotatable bonds is 6. The molecular weight excluding hydrogens is 436 g/mol. The number of nitrogens with one attached hydrogen (secondary N) is 1. The molecule has 2 aromatic carbocycles. The van der Waals surface area contributed by atoms with Crippen LogP contribution >= 0.6 is 11.8 Å². The highest BCUT2D eigenvalue weighted by molar-refractivity contribution is 7.98. The Bertz CT molecular complexity index is 1030. The van der Waals surface area contributed by atoms with E-state index in [9.17, 15) is 13.2 Å². The molecule has 4 rings (SSSR count). The number of hydrogen-bond donors (Lipinski definition) is 1. The number of carbonyl (C=O) groups excluding carboxylic acids is 1. The van der Waals surface area contributed by atoms with E-state index in [0.29, 0.717) is 57.2 Å². The number of thioether (sulfide) groups is 1. The van der Waals surface area contributed by atoms with Gasteiger partial charge in [-0.2, -0.15) is 4.31 Å². The van der Waals surface area contributed by atoms with Crippen molar-refractivity contribution in [2.24, 2.45) is 5.92 Å². The minimum absolute atomic E-state index is 0.0229. The number of fused-ring (bicyclic) bond motifs is 1. The molecule has 9 heteroatoms. The van der Waals surface area contributed by atoms with Gasteiger partial charge in [0.2, 0.25) is 15.9 Å². The first kappa shape index (κ1) is 22.0. The van der Waals surface area contributed by atoms with Crippen LogP contribution in [0.25, 0.3) is 0 Å². The molecule has 1 fully saturated rings. The topological polar surface area (TPSA) is 84.9 Å². The predicted molar refractivity (Wildman–Crippen MR) is 119 cm³/mol. The van der Waals surface area contributed by atoms with Gasteiger partial charge in [0.05, 0.1) is 4.90 Å². The molecule has 1 amide bonds. The molecule has 2 aromatic rings. The summed E-state index contributed by atoms with van der Waals surface area (Å²) in [5.74, 6) is 0.804. The van der Waals surface area contributed by atoms with Crippen LogP contribution in [0, 0.1) is 5.92 Å². The third-order valence-corrected chi connectivity index (χ3v) is 8.24. The van der Waals surface area contributed by atoms with Gasteiger partial charge in [0.25, 0.3) is 0 Å². The Labute approximate surface area is 187 Å². The lowest BCUT2D eigenvalue weighted by Crippen LogP contribution is -2.42. The van der Waals surface area contributed by atoms with Crippen molar-refractivity contribution in [3.8, 4) is 11.5 Å². The molecule has 2 heterocycles. The Morgan fingerprint density at radius 1 is 1.06 bits per heavy atom. The van der Waals surface area contributed by atoms with Crippen molar-refractivity contribution in [3.63, 3.8) is 0 Å². The molecule has 1 saturated heterocycles. The van der Waals surface area contributed by atoms with E-state index in [0.717, 1.165) is 5.56 Å². The van der Waals surface area contributed by atoms with Gasteiger partial charge in [-0.25, -0.2) is 8.42 Å². The molecule has 0 unspecified atom stereocenters.